The van der Waals surface area contributed by atoms with Gasteiger partial charge in [-0.25, -0.2) is 4.39 Å². The minimum absolute atomic E-state index is 0.107. The zero-order valence-electron chi connectivity index (χ0n) is 16.0. The van der Waals surface area contributed by atoms with Crippen molar-refractivity contribution in [2.45, 2.75) is 13.5 Å². The van der Waals surface area contributed by atoms with Gasteiger partial charge in [0.2, 0.25) is 0 Å². The van der Waals surface area contributed by atoms with Crippen molar-refractivity contribution in [2.75, 3.05) is 12.4 Å². The van der Waals surface area contributed by atoms with Crippen LogP contribution < -0.4 is 15.4 Å². The number of aromatic nitrogens is 1. The van der Waals surface area contributed by atoms with E-state index in [9.17, 15) is 14.0 Å². The molecule has 3 rings (SSSR count). The average molecular weight is 393 g/mol. The predicted octanol–water partition coefficient (Wildman–Crippen LogP) is 3.72. The summed E-state index contributed by atoms with van der Waals surface area (Å²) in [5, 5.41) is 5.49. The first-order valence-electron chi connectivity index (χ1n) is 8.91. The monoisotopic (exact) mass is 393 g/mol. The van der Waals surface area contributed by atoms with Crippen molar-refractivity contribution in [1.29, 1.82) is 0 Å². The first-order chi connectivity index (χ1) is 14.0. The van der Waals surface area contributed by atoms with Crippen LogP contribution in [0.25, 0.3) is 0 Å². The van der Waals surface area contributed by atoms with E-state index >= 15 is 0 Å². The molecule has 0 fully saturated rings. The van der Waals surface area contributed by atoms with Crippen LogP contribution in [0.15, 0.2) is 60.8 Å². The van der Waals surface area contributed by atoms with Crippen molar-refractivity contribution >= 4 is 17.5 Å². The third kappa shape index (κ3) is 5.16. The number of ether oxygens (including phenoxy) is 1. The summed E-state index contributed by atoms with van der Waals surface area (Å²) in [6.07, 6.45) is 1.40. The number of amides is 2. The molecule has 148 valence electrons. The first-order valence-corrected chi connectivity index (χ1v) is 8.91. The fourth-order valence-corrected chi connectivity index (χ4v) is 2.69. The Morgan fingerprint density at radius 1 is 1.03 bits per heavy atom. The van der Waals surface area contributed by atoms with Gasteiger partial charge in [0, 0.05) is 18.3 Å². The number of anilines is 1. The summed E-state index contributed by atoms with van der Waals surface area (Å²) >= 11 is 0. The quantitative estimate of drug-likeness (QED) is 0.669. The van der Waals surface area contributed by atoms with E-state index in [-0.39, 0.29) is 29.5 Å². The van der Waals surface area contributed by atoms with Crippen molar-refractivity contribution in [1.82, 2.24) is 10.3 Å². The number of nitrogens with zero attached hydrogens (tertiary/aromatic N) is 1. The Balaban J connectivity index is 1.70. The molecule has 0 aliphatic heterocycles. The Labute approximate surface area is 167 Å². The van der Waals surface area contributed by atoms with Crippen LogP contribution in [0.2, 0.25) is 0 Å². The highest BCUT2D eigenvalue weighted by Gasteiger charge is 2.14. The maximum absolute atomic E-state index is 13.0. The van der Waals surface area contributed by atoms with Crippen LogP contribution in [0.1, 0.15) is 32.0 Å². The zero-order valence-corrected chi connectivity index (χ0v) is 16.0. The second-order valence-electron chi connectivity index (χ2n) is 6.40. The van der Waals surface area contributed by atoms with Crippen molar-refractivity contribution in [3.05, 3.63) is 89.0 Å². The van der Waals surface area contributed by atoms with Crippen LogP contribution in [-0.4, -0.2) is 23.9 Å². The topological polar surface area (TPSA) is 80.3 Å². The number of carbonyl (C=O) groups is 2. The van der Waals surface area contributed by atoms with E-state index in [1.54, 1.807) is 24.3 Å². The lowest BCUT2D eigenvalue weighted by molar-refractivity contribution is 0.0946. The second kappa shape index (κ2) is 8.97. The van der Waals surface area contributed by atoms with Gasteiger partial charge in [0.25, 0.3) is 11.8 Å². The number of nitrogens with one attached hydrogen (secondary N) is 2. The van der Waals surface area contributed by atoms with E-state index in [1.807, 2.05) is 13.0 Å². The number of hydrogen-bond donors (Lipinski definition) is 2. The van der Waals surface area contributed by atoms with Gasteiger partial charge in [0.05, 0.1) is 12.8 Å². The fourth-order valence-electron chi connectivity index (χ4n) is 2.69. The van der Waals surface area contributed by atoms with Gasteiger partial charge in [-0.15, -0.1) is 0 Å². The Kier molecular flexibility index (Phi) is 6.19. The third-order valence-corrected chi connectivity index (χ3v) is 4.22. The van der Waals surface area contributed by atoms with Gasteiger partial charge in [-0.3, -0.25) is 14.6 Å². The van der Waals surface area contributed by atoms with Crippen LogP contribution in [0.3, 0.4) is 0 Å². The molecule has 6 nitrogen and oxygen atoms in total. The van der Waals surface area contributed by atoms with Crippen molar-refractivity contribution < 1.29 is 18.7 Å². The molecule has 0 aliphatic rings. The lowest BCUT2D eigenvalue weighted by atomic mass is 10.1. The zero-order chi connectivity index (χ0) is 20.8. The van der Waals surface area contributed by atoms with E-state index in [0.29, 0.717) is 11.4 Å². The van der Waals surface area contributed by atoms with Crippen LogP contribution >= 0.6 is 0 Å². The van der Waals surface area contributed by atoms with E-state index in [4.69, 9.17) is 4.74 Å². The molecule has 0 radical (unpaired) electrons. The summed E-state index contributed by atoms with van der Waals surface area (Å²) in [4.78, 5) is 29.0. The number of halogens is 1. The first kappa shape index (κ1) is 20.0. The molecule has 7 heteroatoms. The van der Waals surface area contributed by atoms with E-state index in [0.717, 1.165) is 11.1 Å². The largest absolute Gasteiger partial charge is 0.495 e. The minimum Gasteiger partial charge on any atom is -0.495 e. The number of aryl methyl sites for hydroxylation is 1. The molecule has 0 saturated heterocycles. The van der Waals surface area contributed by atoms with Gasteiger partial charge in [-0.2, -0.15) is 0 Å². The van der Waals surface area contributed by atoms with Gasteiger partial charge in [0.15, 0.2) is 0 Å². The fraction of sp³-hybridized carbons (Fsp3) is 0.136. The molecule has 0 unspecified atom stereocenters. The number of methoxy groups -OCH3 is 1. The highest BCUT2D eigenvalue weighted by Crippen LogP contribution is 2.25. The molecule has 2 N–H and O–H groups in total. The molecule has 3 aromatic rings. The number of carbonyl (C=O) groups excluding carboxylic acids is 2. The molecular weight excluding hydrogens is 373 g/mol. The molecule has 2 aromatic carbocycles. The Bertz CT molecular complexity index is 1040. The Hall–Kier alpha value is -3.74. The number of hydrogen-bond acceptors (Lipinski definition) is 4. The molecule has 0 saturated carbocycles. The maximum atomic E-state index is 13.0. The standard InChI is InChI=1S/C22H20FN3O3/c1-14-3-8-20(29-2)18(11-14)26-21(27)16-9-10-24-19(12-16)22(28)25-13-15-4-6-17(23)7-5-15/h3-12H,13H2,1-2H3,(H,25,28)(H,26,27). The summed E-state index contributed by atoms with van der Waals surface area (Å²) in [5.74, 6) is -0.623. The molecule has 0 bridgehead atoms. The number of benzene rings is 2. The molecule has 0 atom stereocenters. The summed E-state index contributed by atoms with van der Waals surface area (Å²) in [6.45, 7) is 2.13. The Morgan fingerprint density at radius 2 is 1.79 bits per heavy atom. The van der Waals surface area contributed by atoms with Crippen LogP contribution in [-0.2, 0) is 6.54 Å². The molecule has 1 aromatic heterocycles. The van der Waals surface area contributed by atoms with Gasteiger partial charge >= 0.3 is 0 Å². The Morgan fingerprint density at radius 3 is 2.52 bits per heavy atom. The normalized spacial score (nSPS) is 10.3. The smallest absolute Gasteiger partial charge is 0.270 e. The minimum atomic E-state index is -0.433. The van der Waals surface area contributed by atoms with Crippen LogP contribution in [0.5, 0.6) is 5.75 Å². The molecule has 1 heterocycles. The summed E-state index contributed by atoms with van der Waals surface area (Å²) in [6, 6.07) is 14.2. The SMILES string of the molecule is COc1ccc(C)cc1NC(=O)c1ccnc(C(=O)NCc2ccc(F)cc2)c1. The lowest BCUT2D eigenvalue weighted by Gasteiger charge is -2.11. The van der Waals surface area contributed by atoms with E-state index in [1.165, 1.54) is 37.6 Å². The van der Waals surface area contributed by atoms with Crippen molar-refractivity contribution in [3.8, 4) is 5.75 Å². The predicted molar refractivity (Wildman–Crippen MR) is 107 cm³/mol. The summed E-state index contributed by atoms with van der Waals surface area (Å²) in [7, 11) is 1.52. The van der Waals surface area contributed by atoms with Crippen LogP contribution in [0, 0.1) is 12.7 Å². The average Bonchev–Trinajstić information content (AvgIpc) is 2.73. The lowest BCUT2D eigenvalue weighted by Crippen LogP contribution is -2.24. The van der Waals surface area contributed by atoms with E-state index < -0.39 is 5.91 Å². The van der Waals surface area contributed by atoms with Gasteiger partial charge in [-0.05, 0) is 54.4 Å². The summed E-state index contributed by atoms with van der Waals surface area (Å²) in [5.41, 5.74) is 2.65. The number of pyridine rings is 1. The highest BCUT2D eigenvalue weighted by atomic mass is 19.1. The molecule has 0 spiro atoms. The second-order valence-corrected chi connectivity index (χ2v) is 6.40. The van der Waals surface area contributed by atoms with Crippen molar-refractivity contribution in [3.63, 3.8) is 0 Å². The van der Waals surface area contributed by atoms with E-state index in [2.05, 4.69) is 15.6 Å². The summed E-state index contributed by atoms with van der Waals surface area (Å²) < 4.78 is 18.2. The molecule has 29 heavy (non-hydrogen) atoms. The van der Waals surface area contributed by atoms with Crippen molar-refractivity contribution in [2.24, 2.45) is 0 Å². The number of rotatable bonds is 6. The van der Waals surface area contributed by atoms with Gasteiger partial charge in [-0.1, -0.05) is 18.2 Å². The third-order valence-electron chi connectivity index (χ3n) is 4.22. The van der Waals surface area contributed by atoms with Crippen LogP contribution in [0.4, 0.5) is 10.1 Å². The molecule has 0 aliphatic carbocycles. The molecular formula is C22H20FN3O3. The highest BCUT2D eigenvalue weighted by molar-refractivity contribution is 6.06. The molecule has 2 amide bonds. The maximum Gasteiger partial charge on any atom is 0.270 e. The van der Waals surface area contributed by atoms with Gasteiger partial charge in [0.1, 0.15) is 17.3 Å². The van der Waals surface area contributed by atoms with Gasteiger partial charge < -0.3 is 15.4 Å².